The van der Waals surface area contributed by atoms with Crippen LogP contribution < -0.4 is 0 Å². The molecule has 5 rings (SSSR count). The number of rotatable bonds is 10. The van der Waals surface area contributed by atoms with Crippen LogP contribution >= 0.6 is 9.24 Å². The third-order valence-corrected chi connectivity index (χ3v) is 12.0. The standard InChI is InChI=1S/C31H45O9P/c1-6-11-36-12-13-37-18-26(35)38-17-24(34)30-25(39-27(2,3)40-30)15-22-21-8-7-19-14-20(32)9-10-28(19,4)31(21,41)23(33)16-29(22,30)5/h9-10,14,21-23,25,33H,6-8,11-13,15-18,41H2,1-5H3/t21?,22?,23-,25+,28?,29?,30+,31-/m0/s1. The van der Waals surface area contributed by atoms with Crippen LogP contribution in [-0.2, 0) is 38.1 Å². The summed E-state index contributed by atoms with van der Waals surface area (Å²) in [6, 6.07) is 0. The average Bonchev–Trinajstić information content (AvgIpc) is 3.31. The summed E-state index contributed by atoms with van der Waals surface area (Å²) in [5.74, 6) is -2.00. The van der Waals surface area contributed by atoms with Crippen LogP contribution in [0.4, 0.5) is 0 Å². The minimum Gasteiger partial charge on any atom is -0.456 e. The molecule has 0 aromatic rings. The molecule has 9 atom stereocenters. The number of carbonyl (C=O) groups excluding carboxylic acids is 3. The molecule has 1 aliphatic heterocycles. The molecule has 0 aromatic heterocycles. The van der Waals surface area contributed by atoms with E-state index in [0.717, 1.165) is 24.8 Å². The number of hydrogen-bond donors (Lipinski definition) is 1. The van der Waals surface area contributed by atoms with Gasteiger partial charge in [0.2, 0.25) is 5.78 Å². The van der Waals surface area contributed by atoms with Crippen LogP contribution in [0.1, 0.15) is 66.7 Å². The summed E-state index contributed by atoms with van der Waals surface area (Å²) < 4.78 is 29.0. The molecule has 9 nitrogen and oxygen atoms in total. The summed E-state index contributed by atoms with van der Waals surface area (Å²) in [7, 11) is 2.99. The normalized spacial score (nSPS) is 42.1. The maximum atomic E-state index is 14.1. The van der Waals surface area contributed by atoms with Gasteiger partial charge in [-0.15, -0.1) is 9.24 Å². The zero-order valence-corrected chi connectivity index (χ0v) is 26.1. The molecule has 0 bridgehead atoms. The number of carbonyl (C=O) groups is 3. The molecule has 1 saturated heterocycles. The maximum absolute atomic E-state index is 14.1. The van der Waals surface area contributed by atoms with Crippen molar-refractivity contribution in [3.8, 4) is 0 Å². The van der Waals surface area contributed by atoms with Gasteiger partial charge in [-0.05, 0) is 69.9 Å². The van der Waals surface area contributed by atoms with Crippen LogP contribution in [0.3, 0.4) is 0 Å². The molecule has 1 N–H and O–H groups in total. The first kappa shape index (κ1) is 31.0. The number of ether oxygens (including phenoxy) is 5. The predicted octanol–water partition coefficient (Wildman–Crippen LogP) is 3.32. The first-order valence-corrected chi connectivity index (χ1v) is 15.5. The van der Waals surface area contributed by atoms with E-state index >= 15 is 0 Å². The second-order valence-electron chi connectivity index (χ2n) is 13.3. The maximum Gasteiger partial charge on any atom is 0.332 e. The number of hydrogen-bond acceptors (Lipinski definition) is 9. The van der Waals surface area contributed by atoms with Crippen LogP contribution in [0, 0.1) is 22.7 Å². The molecule has 4 aliphatic carbocycles. The van der Waals surface area contributed by atoms with Crippen molar-refractivity contribution in [3.63, 3.8) is 0 Å². The number of aliphatic hydroxyl groups is 1. The van der Waals surface area contributed by atoms with Gasteiger partial charge < -0.3 is 28.8 Å². The van der Waals surface area contributed by atoms with E-state index in [1.165, 1.54) is 0 Å². The number of allylic oxidation sites excluding steroid dienone is 4. The molecule has 5 unspecified atom stereocenters. The van der Waals surface area contributed by atoms with Crippen molar-refractivity contribution in [1.82, 2.24) is 0 Å². The van der Waals surface area contributed by atoms with Gasteiger partial charge in [0.05, 0.1) is 25.4 Å². The number of fused-ring (bicyclic) bond motifs is 7. The van der Waals surface area contributed by atoms with Crippen molar-refractivity contribution < 1.29 is 43.2 Å². The summed E-state index contributed by atoms with van der Waals surface area (Å²) in [5.41, 5.74) is -1.61. The Hall–Kier alpha value is -1.48. The Morgan fingerprint density at radius 2 is 1.83 bits per heavy atom. The summed E-state index contributed by atoms with van der Waals surface area (Å²) in [5, 5.41) is 11.4. The minimum absolute atomic E-state index is 0.00000803. The molecule has 0 radical (unpaired) electrons. The lowest BCUT2D eigenvalue weighted by molar-refractivity contribution is -0.222. The number of esters is 1. The highest BCUT2D eigenvalue weighted by Gasteiger charge is 2.78. The van der Waals surface area contributed by atoms with Crippen LogP contribution in [0.5, 0.6) is 0 Å². The molecule has 1 heterocycles. The summed E-state index contributed by atoms with van der Waals surface area (Å²) >= 11 is 0. The van der Waals surface area contributed by atoms with E-state index in [9.17, 15) is 19.5 Å². The van der Waals surface area contributed by atoms with Crippen molar-refractivity contribution in [2.24, 2.45) is 22.7 Å². The van der Waals surface area contributed by atoms with Gasteiger partial charge >= 0.3 is 5.97 Å². The zero-order chi connectivity index (χ0) is 29.8. The number of ketones is 2. The molecule has 41 heavy (non-hydrogen) atoms. The fraction of sp³-hybridized carbons (Fsp3) is 0.774. The summed E-state index contributed by atoms with van der Waals surface area (Å²) in [6.07, 6.45) is 7.26. The Bertz CT molecular complexity index is 1150. The molecule has 10 heteroatoms. The van der Waals surface area contributed by atoms with Crippen molar-refractivity contribution in [2.45, 2.75) is 95.5 Å². The van der Waals surface area contributed by atoms with Gasteiger partial charge in [0, 0.05) is 22.6 Å². The average molecular weight is 593 g/mol. The van der Waals surface area contributed by atoms with Crippen molar-refractivity contribution >= 4 is 26.8 Å². The molecule has 4 fully saturated rings. The van der Waals surface area contributed by atoms with E-state index in [-0.39, 0.29) is 36.6 Å². The number of aliphatic hydroxyl groups excluding tert-OH is 1. The molecule has 3 saturated carbocycles. The zero-order valence-electron chi connectivity index (χ0n) is 24.9. The smallest absolute Gasteiger partial charge is 0.332 e. The van der Waals surface area contributed by atoms with Gasteiger partial charge in [-0.1, -0.05) is 32.4 Å². The SMILES string of the molecule is CCCOCCOCC(=O)OCC(=O)[C@@]12OC(C)(C)O[C@@H]1CC1C3CCC4=CC(=O)C=CC4(C)[C@@]3(P)[C@@H](O)CC12C. The van der Waals surface area contributed by atoms with Crippen LogP contribution in [0.2, 0.25) is 0 Å². The van der Waals surface area contributed by atoms with Crippen molar-refractivity contribution in [2.75, 3.05) is 33.0 Å². The predicted molar refractivity (Wildman–Crippen MR) is 153 cm³/mol. The third-order valence-electron chi connectivity index (χ3n) is 10.6. The lowest BCUT2D eigenvalue weighted by Crippen LogP contribution is -2.69. The van der Waals surface area contributed by atoms with Crippen LogP contribution in [0.25, 0.3) is 0 Å². The molecule has 0 amide bonds. The van der Waals surface area contributed by atoms with Gasteiger partial charge in [-0.3, -0.25) is 9.59 Å². The molecular weight excluding hydrogens is 547 g/mol. The Morgan fingerprint density at radius 1 is 1.10 bits per heavy atom. The minimum atomic E-state index is -1.38. The lowest BCUT2D eigenvalue weighted by Gasteiger charge is -2.65. The van der Waals surface area contributed by atoms with Gasteiger partial charge in [0.15, 0.2) is 23.8 Å². The van der Waals surface area contributed by atoms with Crippen LogP contribution in [-0.4, -0.2) is 84.4 Å². The monoisotopic (exact) mass is 592 g/mol. The third kappa shape index (κ3) is 4.70. The van der Waals surface area contributed by atoms with Crippen molar-refractivity contribution in [3.05, 3.63) is 23.8 Å². The van der Waals surface area contributed by atoms with Crippen LogP contribution in [0.15, 0.2) is 23.8 Å². The Labute approximate surface area is 244 Å². The molecule has 0 spiro atoms. The Balaban J connectivity index is 1.37. The van der Waals surface area contributed by atoms with E-state index < -0.39 is 52.2 Å². The Morgan fingerprint density at radius 3 is 2.56 bits per heavy atom. The summed E-state index contributed by atoms with van der Waals surface area (Å²) in [4.78, 5) is 38.8. The van der Waals surface area contributed by atoms with Gasteiger partial charge in [-0.25, -0.2) is 4.79 Å². The summed E-state index contributed by atoms with van der Waals surface area (Å²) in [6.45, 7) is 10.3. The largest absolute Gasteiger partial charge is 0.456 e. The van der Waals surface area contributed by atoms with E-state index in [2.05, 4.69) is 16.2 Å². The second-order valence-corrected chi connectivity index (χ2v) is 14.2. The van der Waals surface area contributed by atoms with E-state index in [1.54, 1.807) is 26.0 Å². The molecule has 0 aromatic carbocycles. The first-order chi connectivity index (χ1) is 19.2. The molecular formula is C31H45O9P. The fourth-order valence-electron chi connectivity index (χ4n) is 8.76. The second kappa shape index (κ2) is 10.9. The molecule has 5 aliphatic rings. The van der Waals surface area contributed by atoms with Gasteiger partial charge in [-0.2, -0.15) is 0 Å². The lowest BCUT2D eigenvalue weighted by atomic mass is 9.45. The first-order valence-electron chi connectivity index (χ1n) is 14.9. The number of Topliss-reactive ketones (excluding diaryl/α,β-unsaturated/α-hetero) is 1. The van der Waals surface area contributed by atoms with E-state index in [4.69, 9.17) is 23.7 Å². The van der Waals surface area contributed by atoms with E-state index in [0.29, 0.717) is 26.1 Å². The van der Waals surface area contributed by atoms with E-state index in [1.807, 2.05) is 19.9 Å². The topological polar surface area (TPSA) is 118 Å². The Kier molecular flexibility index (Phi) is 8.23. The highest BCUT2D eigenvalue weighted by Crippen LogP contribution is 2.73. The van der Waals surface area contributed by atoms with Crippen molar-refractivity contribution in [1.29, 1.82) is 0 Å². The highest BCUT2D eigenvalue weighted by molar-refractivity contribution is 7.19. The quantitative estimate of drug-likeness (QED) is 0.232. The van der Waals surface area contributed by atoms with Gasteiger partial charge in [0.1, 0.15) is 6.61 Å². The fourth-order valence-corrected chi connectivity index (χ4v) is 9.56. The molecule has 228 valence electrons. The van der Waals surface area contributed by atoms with Gasteiger partial charge in [0.25, 0.3) is 0 Å². The highest BCUT2D eigenvalue weighted by atomic mass is 31.0.